The summed E-state index contributed by atoms with van der Waals surface area (Å²) < 4.78 is 14.3. The van der Waals surface area contributed by atoms with Crippen LogP contribution in [0.5, 0.6) is 5.75 Å². The molecule has 308 valence electrons. The quantitative estimate of drug-likeness (QED) is 0.0601. The van der Waals surface area contributed by atoms with Gasteiger partial charge in [0.05, 0.1) is 6.33 Å². The summed E-state index contributed by atoms with van der Waals surface area (Å²) >= 11 is 4.85. The molecule has 6 aromatic rings. The lowest BCUT2D eigenvalue weighted by Crippen LogP contribution is -2.32. The Bertz CT molecular complexity index is 1870. The highest BCUT2D eigenvalue weighted by molar-refractivity contribution is 7.80. The number of carbonyl (C=O) groups is 1. The Morgan fingerprint density at radius 2 is 1.31 bits per heavy atom. The molecular weight excluding hydrogens is 760 g/mol. The molecule has 0 aliphatic carbocycles. The molecule has 11 heteroatoms. The summed E-state index contributed by atoms with van der Waals surface area (Å²) in [6.45, 7) is 11.5. The molecule has 0 amide bonds. The van der Waals surface area contributed by atoms with Gasteiger partial charge in [0.2, 0.25) is 0 Å². The first kappa shape index (κ1) is 47.1. The molecule has 0 saturated heterocycles. The molecule has 2 aromatic heterocycles. The lowest BCUT2D eigenvalue weighted by atomic mass is 10.2. The van der Waals surface area contributed by atoms with Crippen LogP contribution in [0, 0.1) is 6.92 Å². The Kier molecular flexibility index (Phi) is 23.5. The van der Waals surface area contributed by atoms with Gasteiger partial charge in [0.25, 0.3) is 0 Å². The maximum atomic E-state index is 11.7. The van der Waals surface area contributed by atoms with Gasteiger partial charge in [0.15, 0.2) is 5.11 Å². The maximum Gasteiger partial charge on any atom is 0.419 e. The average Bonchev–Trinajstić information content (AvgIpc) is 4.02. The van der Waals surface area contributed by atoms with Crippen molar-refractivity contribution in [3.05, 3.63) is 163 Å². The lowest BCUT2D eigenvalue weighted by Gasteiger charge is -2.17. The smallest absolute Gasteiger partial charge is 0.419 e. The average molecular weight is 821 g/mol. The van der Waals surface area contributed by atoms with E-state index in [-0.39, 0.29) is 14.5 Å². The summed E-state index contributed by atoms with van der Waals surface area (Å²) in [6, 6.07) is 37.5. The molecule has 0 aliphatic heterocycles. The number of benzene rings is 4. The van der Waals surface area contributed by atoms with Gasteiger partial charge in [-0.25, -0.2) is 19.3 Å². The van der Waals surface area contributed by atoms with Crippen molar-refractivity contribution < 1.29 is 14.3 Å². The van der Waals surface area contributed by atoms with Crippen molar-refractivity contribution >= 4 is 42.0 Å². The Hall–Kier alpha value is -5.31. The van der Waals surface area contributed by atoms with Crippen LogP contribution in [0.15, 0.2) is 147 Å². The molecule has 0 saturated carbocycles. The van der Waals surface area contributed by atoms with Crippen LogP contribution < -0.4 is 26.0 Å². The largest absolute Gasteiger partial charge is 0.489 e. The number of nitrogens with one attached hydrogen (secondary N) is 2. The summed E-state index contributed by atoms with van der Waals surface area (Å²) in [5.74, 6) is 0.778. The second-order valence-electron chi connectivity index (χ2n) is 13.3. The van der Waals surface area contributed by atoms with Crippen LogP contribution in [0.25, 0.3) is 0 Å². The van der Waals surface area contributed by atoms with Crippen LogP contribution >= 0.6 is 20.1 Å². The molecule has 0 spiro atoms. The number of aromatic nitrogens is 4. The number of aryl methyl sites for hydroxylation is 2. The molecule has 9 nitrogen and oxygen atoms in total. The van der Waals surface area contributed by atoms with Gasteiger partial charge in [-0.2, -0.15) is 0 Å². The van der Waals surface area contributed by atoms with Crippen LogP contribution in [0.4, 0.5) is 4.79 Å². The van der Waals surface area contributed by atoms with Gasteiger partial charge < -0.3 is 24.7 Å². The predicted octanol–water partition coefficient (Wildman–Crippen LogP) is 10.0. The van der Waals surface area contributed by atoms with Crippen LogP contribution in [0.2, 0.25) is 0 Å². The number of thiocarbonyl (C=S) groups is 1. The van der Waals surface area contributed by atoms with Crippen LogP contribution in [-0.4, -0.2) is 50.1 Å². The monoisotopic (exact) mass is 820 g/mol. The summed E-state index contributed by atoms with van der Waals surface area (Å²) in [4.78, 5) is 19.4. The zero-order chi connectivity index (χ0) is 41.6. The molecule has 4 aromatic carbocycles. The minimum atomic E-state index is -0.452. The van der Waals surface area contributed by atoms with Crippen molar-refractivity contribution in [1.29, 1.82) is 0 Å². The van der Waals surface area contributed by atoms with Crippen LogP contribution in [0.1, 0.15) is 69.6 Å². The fraction of sp³-hybridized carbons (Fsp3) is 0.319. The third-order valence-corrected chi connectivity index (χ3v) is 11.6. The van der Waals surface area contributed by atoms with E-state index >= 15 is 0 Å². The van der Waals surface area contributed by atoms with E-state index in [0.29, 0.717) is 6.61 Å². The third-order valence-electron chi connectivity index (χ3n) is 8.48. The summed E-state index contributed by atoms with van der Waals surface area (Å²) in [5, 5.41) is 9.62. The number of imidazole rings is 2. The molecule has 2 N–H and O–H groups in total. The number of unbranched alkanes of at least 4 members (excludes halogenated alkanes) is 2. The van der Waals surface area contributed by atoms with Gasteiger partial charge in [-0.15, -0.1) is 0 Å². The van der Waals surface area contributed by atoms with Gasteiger partial charge in [0.1, 0.15) is 25.3 Å². The van der Waals surface area contributed by atoms with E-state index in [1.165, 1.54) is 71.5 Å². The number of rotatable bonds is 15. The van der Waals surface area contributed by atoms with Gasteiger partial charge in [0, 0.05) is 44.9 Å². The number of hydrogen-bond donors (Lipinski definition) is 2. The van der Waals surface area contributed by atoms with E-state index in [2.05, 4.69) is 138 Å². The van der Waals surface area contributed by atoms with Crippen molar-refractivity contribution in [2.75, 3.05) is 19.8 Å². The molecule has 0 atom stereocenters. The molecule has 0 radical (unpaired) electrons. The summed E-state index contributed by atoms with van der Waals surface area (Å²) in [6.07, 6.45) is 17.1. The van der Waals surface area contributed by atoms with Crippen molar-refractivity contribution in [2.45, 2.75) is 79.6 Å². The summed E-state index contributed by atoms with van der Waals surface area (Å²) in [7, 11) is 1.67. The zero-order valence-corrected chi connectivity index (χ0v) is 36.5. The Morgan fingerprint density at radius 3 is 1.84 bits per heavy atom. The fourth-order valence-corrected chi connectivity index (χ4v) is 7.62. The third kappa shape index (κ3) is 19.2. The van der Waals surface area contributed by atoms with Crippen LogP contribution in [-0.2, 0) is 24.5 Å². The SMILES string of the molecule is CCCCNC(=S)NC.CCCCn1ccnc1.CCCP(c1ccccc1)c1ccccc1.Cc1ccc(COc2ccc(COC(=O)n3ccnc3)cc2)cc1. The van der Waals surface area contributed by atoms with Gasteiger partial charge in [-0.05, 0) is 79.9 Å². The van der Waals surface area contributed by atoms with Crippen molar-refractivity contribution in [1.82, 2.24) is 29.7 Å². The van der Waals surface area contributed by atoms with E-state index in [9.17, 15) is 4.79 Å². The zero-order valence-electron chi connectivity index (χ0n) is 34.8. The number of ether oxygens (including phenoxy) is 2. The number of hydrogen-bond acceptors (Lipinski definition) is 6. The standard InChI is InChI=1S/C19H18N2O3.C15H17P.C7H12N2.C6H14N2S/c1-15-2-4-16(5-3-15)12-23-18-8-6-17(7-9-18)13-24-19(22)21-11-10-20-14-21;1-2-13-16(14-9-5-3-6-10-14)15-11-7-4-8-12-15;1-2-3-5-9-6-4-8-7-9;1-3-4-5-8-6(9)7-2/h2-11,14H,12-13H2,1H3;3-12H,2,13H2,1H3;4,6-7H,2-3,5H2,1H3;3-5H2,1-2H3,(H2,7,8,9). The van der Waals surface area contributed by atoms with Crippen molar-refractivity contribution in [3.63, 3.8) is 0 Å². The van der Waals surface area contributed by atoms with E-state index < -0.39 is 6.09 Å². The topological polar surface area (TPSA) is 95.2 Å². The van der Waals surface area contributed by atoms with Crippen molar-refractivity contribution in [2.24, 2.45) is 0 Å². The molecule has 2 heterocycles. The first-order valence-corrected chi connectivity index (χ1v) is 22.0. The molecule has 0 aliphatic rings. The Morgan fingerprint density at radius 1 is 0.724 bits per heavy atom. The Balaban J connectivity index is 0.000000227. The summed E-state index contributed by atoms with van der Waals surface area (Å²) in [5.41, 5.74) is 3.25. The highest BCUT2D eigenvalue weighted by atomic mass is 32.1. The first-order chi connectivity index (χ1) is 28.4. The highest BCUT2D eigenvalue weighted by Crippen LogP contribution is 2.33. The molecule has 58 heavy (non-hydrogen) atoms. The van der Waals surface area contributed by atoms with E-state index in [0.717, 1.165) is 35.1 Å². The number of carbonyl (C=O) groups excluding carboxylic acids is 1. The molecule has 0 fully saturated rings. The van der Waals surface area contributed by atoms with E-state index in [1.54, 1.807) is 6.20 Å². The lowest BCUT2D eigenvalue weighted by molar-refractivity contribution is 0.141. The molecular formula is C47H61N6O3PS. The Labute approximate surface area is 353 Å². The minimum Gasteiger partial charge on any atom is -0.489 e. The predicted molar refractivity (Wildman–Crippen MR) is 246 cm³/mol. The van der Waals surface area contributed by atoms with Crippen molar-refractivity contribution in [3.8, 4) is 5.75 Å². The first-order valence-electron chi connectivity index (χ1n) is 20.1. The minimum absolute atomic E-state index is 0.151. The molecule has 0 bridgehead atoms. The van der Waals surface area contributed by atoms with Gasteiger partial charge in [-0.3, -0.25) is 0 Å². The highest BCUT2D eigenvalue weighted by Gasteiger charge is 2.11. The van der Waals surface area contributed by atoms with E-state index in [4.69, 9.17) is 21.7 Å². The maximum absolute atomic E-state index is 11.7. The second-order valence-corrected chi connectivity index (χ2v) is 16.0. The fourth-order valence-electron chi connectivity index (χ4n) is 5.19. The number of nitrogens with zero attached hydrogens (tertiary/aromatic N) is 4. The van der Waals surface area contributed by atoms with Gasteiger partial charge in [-0.1, -0.05) is 143 Å². The second kappa shape index (κ2) is 29.0. The normalized spacial score (nSPS) is 10.1. The molecule has 0 unspecified atom stereocenters. The van der Waals surface area contributed by atoms with Gasteiger partial charge >= 0.3 is 6.09 Å². The van der Waals surface area contributed by atoms with Crippen LogP contribution in [0.3, 0.4) is 0 Å². The molecule has 6 rings (SSSR count). The van der Waals surface area contributed by atoms with E-state index in [1.807, 2.05) is 50.0 Å².